The molecule has 12 heteroatoms. The molecule has 30 heavy (non-hydrogen) atoms. The Morgan fingerprint density at radius 3 is 2.57 bits per heavy atom. The zero-order valence-electron chi connectivity index (χ0n) is 15.7. The predicted octanol–water partition coefficient (Wildman–Crippen LogP) is 2.64. The highest BCUT2D eigenvalue weighted by Crippen LogP contribution is 2.36. The highest BCUT2D eigenvalue weighted by molar-refractivity contribution is 6.06. The van der Waals surface area contributed by atoms with E-state index in [9.17, 15) is 14.9 Å². The maximum atomic E-state index is 12.6. The number of nitrogens with zero attached hydrogens (tertiary/aromatic N) is 3. The van der Waals surface area contributed by atoms with E-state index in [1.165, 1.54) is 20.3 Å². The first kappa shape index (κ1) is 19.0. The van der Waals surface area contributed by atoms with Crippen LogP contribution in [0.1, 0.15) is 10.4 Å². The lowest BCUT2D eigenvalue weighted by atomic mass is 10.1. The van der Waals surface area contributed by atoms with E-state index in [0.717, 1.165) is 6.07 Å². The number of nitro groups is 1. The molecule has 3 aromatic rings. The largest absolute Gasteiger partial charge is 0.493 e. The maximum Gasteiger partial charge on any atom is 0.322 e. The third kappa shape index (κ3) is 3.41. The number of amides is 1. The summed E-state index contributed by atoms with van der Waals surface area (Å²) in [6, 6.07) is 7.08. The molecule has 2 aromatic carbocycles. The van der Waals surface area contributed by atoms with E-state index in [4.69, 9.17) is 23.4 Å². The van der Waals surface area contributed by atoms with Gasteiger partial charge in [0.25, 0.3) is 11.6 Å². The zero-order chi connectivity index (χ0) is 21.3. The van der Waals surface area contributed by atoms with Crippen molar-refractivity contribution in [3.05, 3.63) is 46.0 Å². The first-order valence-electron chi connectivity index (χ1n) is 8.45. The molecule has 12 nitrogen and oxygen atoms in total. The van der Waals surface area contributed by atoms with Crippen LogP contribution in [0.15, 0.2) is 34.7 Å². The molecular weight excluding hydrogens is 400 g/mol. The number of hydrogen-bond donors (Lipinski definition) is 1. The van der Waals surface area contributed by atoms with Crippen molar-refractivity contribution in [2.75, 3.05) is 26.3 Å². The number of hydrogen-bond acceptors (Lipinski definition) is 10. The monoisotopic (exact) mass is 414 g/mol. The fraction of sp³-hybridized carbons (Fsp3) is 0.167. The van der Waals surface area contributed by atoms with E-state index in [1.807, 2.05) is 0 Å². The Hall–Kier alpha value is -4.35. The number of carbonyl (C=O) groups is 1. The Bertz CT molecular complexity index is 1140. The molecule has 1 N–H and O–H groups in total. The van der Waals surface area contributed by atoms with E-state index in [1.54, 1.807) is 18.2 Å². The second-order valence-electron chi connectivity index (χ2n) is 5.92. The number of nitro benzene ring substituents is 1. The third-order valence-electron chi connectivity index (χ3n) is 4.21. The molecule has 2 heterocycles. The Morgan fingerprint density at radius 2 is 1.83 bits per heavy atom. The fourth-order valence-corrected chi connectivity index (χ4v) is 2.79. The third-order valence-corrected chi connectivity index (χ3v) is 4.21. The minimum Gasteiger partial charge on any atom is -0.493 e. The van der Waals surface area contributed by atoms with Crippen molar-refractivity contribution in [3.8, 4) is 34.5 Å². The van der Waals surface area contributed by atoms with E-state index in [0.29, 0.717) is 17.1 Å². The molecule has 4 rings (SSSR count). The summed E-state index contributed by atoms with van der Waals surface area (Å²) in [7, 11) is 2.68. The summed E-state index contributed by atoms with van der Waals surface area (Å²) < 4.78 is 26.1. The van der Waals surface area contributed by atoms with Gasteiger partial charge in [-0.3, -0.25) is 20.2 Å². The van der Waals surface area contributed by atoms with Crippen LogP contribution in [0.2, 0.25) is 0 Å². The van der Waals surface area contributed by atoms with E-state index >= 15 is 0 Å². The molecule has 0 saturated carbocycles. The van der Waals surface area contributed by atoms with Crippen molar-refractivity contribution >= 4 is 17.6 Å². The number of ether oxygens (including phenoxy) is 4. The summed E-state index contributed by atoms with van der Waals surface area (Å²) in [6.07, 6.45) is 0. The summed E-state index contributed by atoms with van der Waals surface area (Å²) in [5, 5.41) is 21.4. The van der Waals surface area contributed by atoms with Gasteiger partial charge in [-0.2, -0.15) is 0 Å². The van der Waals surface area contributed by atoms with Crippen LogP contribution in [0.5, 0.6) is 23.0 Å². The van der Waals surface area contributed by atoms with Gasteiger partial charge in [0.2, 0.25) is 12.7 Å². The minimum atomic E-state index is -0.830. The second-order valence-corrected chi connectivity index (χ2v) is 5.92. The smallest absolute Gasteiger partial charge is 0.322 e. The van der Waals surface area contributed by atoms with Crippen LogP contribution >= 0.6 is 0 Å². The highest BCUT2D eigenvalue weighted by atomic mass is 16.7. The highest BCUT2D eigenvalue weighted by Gasteiger charge is 2.26. The van der Waals surface area contributed by atoms with Gasteiger partial charge >= 0.3 is 6.01 Å². The Balaban J connectivity index is 1.60. The van der Waals surface area contributed by atoms with Gasteiger partial charge in [0, 0.05) is 11.6 Å². The van der Waals surface area contributed by atoms with Crippen LogP contribution in [-0.4, -0.2) is 42.0 Å². The quantitative estimate of drug-likeness (QED) is 0.471. The van der Waals surface area contributed by atoms with Crippen LogP contribution < -0.4 is 24.3 Å². The van der Waals surface area contributed by atoms with E-state index in [-0.39, 0.29) is 35.8 Å². The number of nitrogens with one attached hydrogen (secondary N) is 1. The molecule has 1 aliphatic heterocycles. The summed E-state index contributed by atoms with van der Waals surface area (Å²) >= 11 is 0. The molecule has 1 amide bonds. The second kappa shape index (κ2) is 7.58. The van der Waals surface area contributed by atoms with Crippen LogP contribution in [-0.2, 0) is 0 Å². The Morgan fingerprint density at radius 1 is 1.10 bits per heavy atom. The van der Waals surface area contributed by atoms with Crippen molar-refractivity contribution in [2.24, 2.45) is 0 Å². The molecule has 0 aliphatic carbocycles. The summed E-state index contributed by atoms with van der Waals surface area (Å²) in [4.78, 5) is 23.3. The average Bonchev–Trinajstić information content (AvgIpc) is 3.41. The Kier molecular flexibility index (Phi) is 4.80. The van der Waals surface area contributed by atoms with Crippen LogP contribution in [0.25, 0.3) is 11.5 Å². The van der Waals surface area contributed by atoms with Crippen LogP contribution in [0.3, 0.4) is 0 Å². The minimum absolute atomic E-state index is 0.114. The molecule has 0 radical (unpaired) electrons. The van der Waals surface area contributed by atoms with Gasteiger partial charge in [-0.25, -0.2) is 0 Å². The normalized spacial score (nSPS) is 11.8. The number of benzene rings is 2. The van der Waals surface area contributed by atoms with Gasteiger partial charge in [-0.15, -0.1) is 5.10 Å². The number of anilines is 1. The number of methoxy groups -OCH3 is 2. The summed E-state index contributed by atoms with van der Waals surface area (Å²) in [6.45, 7) is 0.119. The van der Waals surface area contributed by atoms with Gasteiger partial charge in [0.05, 0.1) is 25.2 Å². The molecule has 0 bridgehead atoms. The molecule has 0 fully saturated rings. The standard InChI is InChI=1S/C18H14N4O8/c1-26-13-6-10(11(22(24)25)7-14(13)27-2)16(23)19-18-21-20-17(30-18)9-3-4-12-15(5-9)29-8-28-12/h3-7H,8H2,1-2H3,(H,19,21,23). The lowest BCUT2D eigenvalue weighted by molar-refractivity contribution is -0.385. The molecule has 0 atom stereocenters. The lowest BCUT2D eigenvalue weighted by Crippen LogP contribution is -2.14. The summed E-state index contributed by atoms with van der Waals surface area (Å²) in [5.41, 5.74) is -0.189. The number of aromatic nitrogens is 2. The molecular formula is C18H14N4O8. The van der Waals surface area contributed by atoms with E-state index in [2.05, 4.69) is 15.5 Å². The lowest BCUT2D eigenvalue weighted by Gasteiger charge is -2.09. The van der Waals surface area contributed by atoms with Gasteiger partial charge in [-0.05, 0) is 18.2 Å². The van der Waals surface area contributed by atoms with Crippen molar-refractivity contribution in [2.45, 2.75) is 0 Å². The first-order valence-corrected chi connectivity index (χ1v) is 8.45. The average molecular weight is 414 g/mol. The van der Waals surface area contributed by atoms with Gasteiger partial charge in [0.15, 0.2) is 23.0 Å². The summed E-state index contributed by atoms with van der Waals surface area (Å²) in [5.74, 6) is 0.669. The molecule has 0 saturated heterocycles. The predicted molar refractivity (Wildman–Crippen MR) is 100 cm³/mol. The first-order chi connectivity index (χ1) is 14.5. The SMILES string of the molecule is COc1cc(C(=O)Nc2nnc(-c3ccc4c(c3)OCO4)o2)c([N+](=O)[O-])cc1OC. The Labute approximate surface area is 168 Å². The number of fused-ring (bicyclic) bond motifs is 1. The van der Waals surface area contributed by atoms with Crippen molar-refractivity contribution in [1.82, 2.24) is 10.2 Å². The molecule has 154 valence electrons. The topological polar surface area (TPSA) is 148 Å². The number of rotatable bonds is 6. The van der Waals surface area contributed by atoms with Gasteiger partial charge in [0.1, 0.15) is 5.56 Å². The van der Waals surface area contributed by atoms with Crippen molar-refractivity contribution in [3.63, 3.8) is 0 Å². The van der Waals surface area contributed by atoms with Crippen molar-refractivity contribution in [1.29, 1.82) is 0 Å². The molecule has 1 aromatic heterocycles. The van der Waals surface area contributed by atoms with E-state index < -0.39 is 16.5 Å². The number of carbonyl (C=O) groups excluding carboxylic acids is 1. The molecule has 0 unspecified atom stereocenters. The molecule has 0 spiro atoms. The zero-order valence-corrected chi connectivity index (χ0v) is 15.7. The van der Waals surface area contributed by atoms with Crippen LogP contribution in [0, 0.1) is 10.1 Å². The maximum absolute atomic E-state index is 12.6. The van der Waals surface area contributed by atoms with Gasteiger partial charge in [-0.1, -0.05) is 5.10 Å². The van der Waals surface area contributed by atoms with Crippen molar-refractivity contribution < 1.29 is 33.1 Å². The molecule has 1 aliphatic rings. The van der Waals surface area contributed by atoms with Crippen LogP contribution in [0.4, 0.5) is 11.7 Å². The van der Waals surface area contributed by atoms with Gasteiger partial charge < -0.3 is 23.4 Å². The fourth-order valence-electron chi connectivity index (χ4n) is 2.79.